The number of carbonyl (C=O) groups is 1. The molecule has 0 aliphatic carbocycles. The highest BCUT2D eigenvalue weighted by molar-refractivity contribution is 5.74. The van der Waals surface area contributed by atoms with Crippen LogP contribution < -0.4 is 0 Å². The summed E-state index contributed by atoms with van der Waals surface area (Å²) < 4.78 is 10.4. The first-order valence-corrected chi connectivity index (χ1v) is 6.69. The molecule has 5 N–H and O–H groups in total. The average Bonchev–Trinajstić information content (AvgIpc) is 2.52. The molecule has 0 spiro atoms. The van der Waals surface area contributed by atoms with E-state index >= 15 is 0 Å². The van der Waals surface area contributed by atoms with Crippen molar-refractivity contribution in [3.63, 3.8) is 0 Å². The Labute approximate surface area is 126 Å². The lowest BCUT2D eigenvalue weighted by atomic mass is 9.99. The van der Waals surface area contributed by atoms with Crippen LogP contribution >= 0.6 is 0 Å². The van der Waals surface area contributed by atoms with E-state index in [9.17, 15) is 25.2 Å². The first-order valence-electron chi connectivity index (χ1n) is 6.69. The van der Waals surface area contributed by atoms with Gasteiger partial charge in [-0.2, -0.15) is 0 Å². The molecule has 1 aliphatic heterocycles. The fourth-order valence-corrected chi connectivity index (χ4v) is 2.22. The summed E-state index contributed by atoms with van der Waals surface area (Å²) >= 11 is 0. The molecule has 2 rings (SSSR count). The fraction of sp³-hybridized carbons (Fsp3) is 0.500. The Morgan fingerprint density at radius 2 is 1.77 bits per heavy atom. The standard InChI is InChI=1S/C14H18O8/c15-6-8-9(16)10(17)11(18)14(21-8)22-12(13(19)20)7-4-2-1-3-5-7/h1-5,8-12,14-18H,6H2,(H,19,20)/t8-,9-,10+,11+,12?,14?/m1/s1. The monoisotopic (exact) mass is 314 g/mol. The van der Waals surface area contributed by atoms with Gasteiger partial charge in [-0.3, -0.25) is 0 Å². The van der Waals surface area contributed by atoms with E-state index in [0.29, 0.717) is 5.56 Å². The van der Waals surface area contributed by atoms with Crippen LogP contribution in [0.25, 0.3) is 0 Å². The van der Waals surface area contributed by atoms with Gasteiger partial charge in [-0.1, -0.05) is 30.3 Å². The predicted octanol–water partition coefficient (Wildman–Crippen LogP) is -1.37. The lowest BCUT2D eigenvalue weighted by Gasteiger charge is -2.40. The predicted molar refractivity (Wildman–Crippen MR) is 71.7 cm³/mol. The molecule has 122 valence electrons. The zero-order chi connectivity index (χ0) is 16.3. The smallest absolute Gasteiger partial charge is 0.337 e. The molecule has 0 saturated carbocycles. The van der Waals surface area contributed by atoms with E-state index in [4.69, 9.17) is 14.6 Å². The van der Waals surface area contributed by atoms with Gasteiger partial charge >= 0.3 is 5.97 Å². The van der Waals surface area contributed by atoms with Crippen molar-refractivity contribution in [3.05, 3.63) is 35.9 Å². The molecule has 0 bridgehead atoms. The van der Waals surface area contributed by atoms with Gasteiger partial charge in [0.25, 0.3) is 0 Å². The molecule has 8 heteroatoms. The van der Waals surface area contributed by atoms with Crippen LogP contribution in [0.15, 0.2) is 30.3 Å². The third-order valence-electron chi connectivity index (χ3n) is 3.45. The average molecular weight is 314 g/mol. The third-order valence-corrected chi connectivity index (χ3v) is 3.45. The topological polar surface area (TPSA) is 137 Å². The molecule has 22 heavy (non-hydrogen) atoms. The molecule has 1 aromatic carbocycles. The second-order valence-electron chi connectivity index (χ2n) is 4.96. The summed E-state index contributed by atoms with van der Waals surface area (Å²) in [5.41, 5.74) is 0.326. The van der Waals surface area contributed by atoms with Gasteiger partial charge in [-0.05, 0) is 5.56 Å². The van der Waals surface area contributed by atoms with Gasteiger partial charge in [-0.15, -0.1) is 0 Å². The summed E-state index contributed by atoms with van der Waals surface area (Å²) in [6.45, 7) is -0.617. The van der Waals surface area contributed by atoms with Gasteiger partial charge in [0.05, 0.1) is 6.61 Å². The highest BCUT2D eigenvalue weighted by Crippen LogP contribution is 2.27. The van der Waals surface area contributed by atoms with Gasteiger partial charge in [0, 0.05) is 0 Å². The molecule has 1 aromatic rings. The molecule has 0 amide bonds. The Morgan fingerprint density at radius 3 is 2.32 bits per heavy atom. The van der Waals surface area contributed by atoms with Gasteiger partial charge in [0.2, 0.25) is 0 Å². The van der Waals surface area contributed by atoms with E-state index in [2.05, 4.69) is 0 Å². The number of carboxylic acids is 1. The largest absolute Gasteiger partial charge is 0.479 e. The number of hydrogen-bond acceptors (Lipinski definition) is 7. The van der Waals surface area contributed by atoms with Crippen molar-refractivity contribution in [3.8, 4) is 0 Å². The molecule has 2 unspecified atom stereocenters. The van der Waals surface area contributed by atoms with E-state index in [0.717, 1.165) is 0 Å². The van der Waals surface area contributed by atoms with E-state index < -0.39 is 49.4 Å². The number of rotatable bonds is 5. The summed E-state index contributed by atoms with van der Waals surface area (Å²) in [6, 6.07) is 8.02. The van der Waals surface area contributed by atoms with E-state index in [1.807, 2.05) is 0 Å². The normalized spacial score (nSPS) is 33.4. The third kappa shape index (κ3) is 3.43. The maximum Gasteiger partial charge on any atom is 0.337 e. The lowest BCUT2D eigenvalue weighted by Crippen LogP contribution is -2.59. The molecular weight excluding hydrogens is 296 g/mol. The highest BCUT2D eigenvalue weighted by Gasteiger charge is 2.45. The summed E-state index contributed by atoms with van der Waals surface area (Å²) in [5.74, 6) is -1.30. The number of carboxylic acid groups (broad SMARTS) is 1. The molecule has 0 radical (unpaired) electrons. The Morgan fingerprint density at radius 1 is 1.14 bits per heavy atom. The quantitative estimate of drug-likeness (QED) is 0.449. The number of benzene rings is 1. The van der Waals surface area contributed by atoms with Crippen LogP contribution in [0.1, 0.15) is 11.7 Å². The second kappa shape index (κ2) is 7.14. The number of ether oxygens (including phenoxy) is 2. The molecular formula is C14H18O8. The Hall–Kier alpha value is -1.55. The van der Waals surface area contributed by atoms with Crippen LogP contribution in [-0.4, -0.2) is 68.8 Å². The van der Waals surface area contributed by atoms with Crippen molar-refractivity contribution in [1.29, 1.82) is 0 Å². The first-order chi connectivity index (χ1) is 10.5. The molecule has 1 aliphatic rings. The zero-order valence-electron chi connectivity index (χ0n) is 11.5. The molecule has 1 fully saturated rings. The van der Waals surface area contributed by atoms with Gasteiger partial charge in [-0.25, -0.2) is 4.79 Å². The zero-order valence-corrected chi connectivity index (χ0v) is 11.5. The minimum Gasteiger partial charge on any atom is -0.479 e. The van der Waals surface area contributed by atoms with Crippen LogP contribution in [0.4, 0.5) is 0 Å². The van der Waals surface area contributed by atoms with E-state index in [1.165, 1.54) is 12.1 Å². The lowest BCUT2D eigenvalue weighted by molar-refractivity contribution is -0.311. The molecule has 0 aromatic heterocycles. The van der Waals surface area contributed by atoms with Crippen LogP contribution in [0, 0.1) is 0 Å². The van der Waals surface area contributed by atoms with Crippen LogP contribution in [0.5, 0.6) is 0 Å². The second-order valence-corrected chi connectivity index (χ2v) is 4.96. The summed E-state index contributed by atoms with van der Waals surface area (Å²) in [5, 5.41) is 47.6. The number of aliphatic hydroxyl groups is 4. The minimum atomic E-state index is -1.65. The molecule has 6 atom stereocenters. The summed E-state index contributed by atoms with van der Waals surface area (Å²) in [4.78, 5) is 11.4. The van der Waals surface area contributed by atoms with E-state index in [-0.39, 0.29) is 0 Å². The fourth-order valence-electron chi connectivity index (χ4n) is 2.22. The highest BCUT2D eigenvalue weighted by atomic mass is 16.7. The van der Waals surface area contributed by atoms with Crippen molar-refractivity contribution in [2.24, 2.45) is 0 Å². The maximum absolute atomic E-state index is 11.4. The van der Waals surface area contributed by atoms with Crippen LogP contribution in [0.3, 0.4) is 0 Å². The van der Waals surface area contributed by atoms with Crippen molar-refractivity contribution in [2.75, 3.05) is 6.61 Å². The van der Waals surface area contributed by atoms with Crippen molar-refractivity contribution in [2.45, 2.75) is 36.8 Å². The number of aliphatic hydroxyl groups excluding tert-OH is 4. The minimum absolute atomic E-state index is 0.326. The van der Waals surface area contributed by atoms with Crippen molar-refractivity contribution >= 4 is 5.97 Å². The van der Waals surface area contributed by atoms with Crippen LogP contribution in [-0.2, 0) is 14.3 Å². The van der Waals surface area contributed by atoms with Crippen molar-refractivity contribution in [1.82, 2.24) is 0 Å². The Bertz CT molecular complexity index is 491. The molecule has 8 nitrogen and oxygen atoms in total. The Kier molecular flexibility index (Phi) is 5.46. The van der Waals surface area contributed by atoms with Gasteiger partial charge < -0.3 is 35.0 Å². The number of hydrogen-bond donors (Lipinski definition) is 5. The summed E-state index contributed by atoms with van der Waals surface area (Å²) in [6.07, 6.45) is -8.89. The van der Waals surface area contributed by atoms with Gasteiger partial charge in [0.15, 0.2) is 12.4 Å². The SMILES string of the molecule is O=C(O)C(OC1O[C@H](CO)[C@@H](O)[C@H](O)[C@@H]1O)c1ccccc1. The first kappa shape index (κ1) is 16.8. The van der Waals surface area contributed by atoms with E-state index in [1.54, 1.807) is 18.2 Å². The molecule has 1 heterocycles. The van der Waals surface area contributed by atoms with Crippen LogP contribution in [0.2, 0.25) is 0 Å². The van der Waals surface area contributed by atoms with Gasteiger partial charge in [0.1, 0.15) is 24.4 Å². The summed E-state index contributed by atoms with van der Waals surface area (Å²) in [7, 11) is 0. The Balaban J connectivity index is 2.17. The van der Waals surface area contributed by atoms with Crippen molar-refractivity contribution < 1.29 is 39.8 Å². The maximum atomic E-state index is 11.4. The molecule has 1 saturated heterocycles. The number of aliphatic carboxylic acids is 1.